The number of fused-ring (bicyclic) bond motifs is 5. The van der Waals surface area contributed by atoms with Crippen LogP contribution < -0.4 is 0 Å². The zero-order valence-corrected chi connectivity index (χ0v) is 19.5. The molecule has 0 spiro atoms. The summed E-state index contributed by atoms with van der Waals surface area (Å²) in [4.78, 5) is 0. The second-order valence-corrected chi connectivity index (χ2v) is 12.0. The highest BCUT2D eigenvalue weighted by molar-refractivity contribution is 5.35. The third kappa shape index (κ3) is 2.12. The maximum atomic E-state index is 11.9. The van der Waals surface area contributed by atoms with Crippen LogP contribution in [0.15, 0.2) is 11.1 Å². The van der Waals surface area contributed by atoms with Crippen LogP contribution in [0.1, 0.15) is 75.2 Å². The highest BCUT2D eigenvalue weighted by atomic mass is 16.6. The van der Waals surface area contributed by atoms with Crippen molar-refractivity contribution in [2.45, 2.75) is 93.0 Å². The van der Waals surface area contributed by atoms with Crippen molar-refractivity contribution in [1.29, 1.82) is 0 Å². The van der Waals surface area contributed by atoms with E-state index in [4.69, 9.17) is 4.74 Å². The van der Waals surface area contributed by atoms with Gasteiger partial charge in [-0.3, -0.25) is 0 Å². The average Bonchev–Trinajstić information content (AvgIpc) is 2.60. The van der Waals surface area contributed by atoms with E-state index in [-0.39, 0.29) is 34.4 Å². The fourth-order valence-electron chi connectivity index (χ4n) is 8.69. The molecule has 28 heavy (non-hydrogen) atoms. The van der Waals surface area contributed by atoms with Gasteiger partial charge in [-0.05, 0) is 65.3 Å². The van der Waals surface area contributed by atoms with E-state index in [2.05, 4.69) is 62.3 Å². The van der Waals surface area contributed by atoms with Gasteiger partial charge in [-0.1, -0.05) is 61.0 Å². The molecule has 0 aromatic rings. The second-order valence-electron chi connectivity index (χ2n) is 12.0. The monoisotopic (exact) mass is 390 g/mol. The summed E-state index contributed by atoms with van der Waals surface area (Å²) in [6, 6.07) is 0. The molecule has 1 saturated heterocycles. The fourth-order valence-corrected chi connectivity index (χ4v) is 8.69. The number of ether oxygens (including phenoxy) is 1. The normalized spacial score (nSPS) is 58.2. The molecule has 10 atom stereocenters. The van der Waals surface area contributed by atoms with Crippen LogP contribution in [-0.4, -0.2) is 34.6 Å². The standard InChI is InChI=1S/C25H42O3/c1-13-10-19-25(27,12-28-19)21-17(5)23(8)11-18(26)15(3)20(22(23,6)7)14(2)16(4)24(13,21)9/h13-14,16-19,21,26-27H,10-12H2,1-9H3/t13?,14?,16?,17?,18?,19?,21?,23?,24-,25?/m0/s1. The number of allylic oxidation sites excluding steroid dienone is 1. The van der Waals surface area contributed by atoms with Crippen LogP contribution >= 0.6 is 0 Å². The van der Waals surface area contributed by atoms with Gasteiger partial charge in [0.15, 0.2) is 0 Å². The maximum Gasteiger partial charge on any atom is 0.118 e. The van der Waals surface area contributed by atoms with E-state index >= 15 is 0 Å². The molecule has 0 aromatic heterocycles. The Kier molecular flexibility index (Phi) is 4.37. The van der Waals surface area contributed by atoms with Crippen LogP contribution in [0.5, 0.6) is 0 Å². The number of hydrogen-bond donors (Lipinski definition) is 2. The SMILES string of the molecule is CC1=C2C(C)C(C)[C@]3(C)C(C)CC4OCC4(O)C3C(C)C(C)(CC1O)C2(C)C. The third-order valence-corrected chi connectivity index (χ3v) is 11.2. The summed E-state index contributed by atoms with van der Waals surface area (Å²) in [5.41, 5.74) is 1.89. The molecular formula is C25H42O3. The summed E-state index contributed by atoms with van der Waals surface area (Å²) < 4.78 is 5.90. The van der Waals surface area contributed by atoms with Crippen molar-refractivity contribution in [3.63, 3.8) is 0 Å². The van der Waals surface area contributed by atoms with Gasteiger partial charge in [-0.25, -0.2) is 0 Å². The molecule has 4 aliphatic rings. The summed E-state index contributed by atoms with van der Waals surface area (Å²) in [7, 11) is 0. The van der Waals surface area contributed by atoms with Crippen molar-refractivity contribution in [2.75, 3.05) is 6.61 Å². The van der Waals surface area contributed by atoms with Gasteiger partial charge in [0.05, 0.1) is 18.8 Å². The first-order chi connectivity index (χ1) is 12.7. The molecule has 0 radical (unpaired) electrons. The van der Waals surface area contributed by atoms with E-state index in [0.717, 1.165) is 12.8 Å². The molecule has 3 heteroatoms. The van der Waals surface area contributed by atoms with E-state index in [9.17, 15) is 10.2 Å². The Hall–Kier alpha value is -0.380. The molecular weight excluding hydrogens is 348 g/mol. The third-order valence-electron chi connectivity index (χ3n) is 11.2. The molecule has 9 unspecified atom stereocenters. The zero-order chi connectivity index (χ0) is 21.0. The molecule has 1 heterocycles. The van der Waals surface area contributed by atoms with Gasteiger partial charge in [0.25, 0.3) is 0 Å². The van der Waals surface area contributed by atoms with E-state index in [0.29, 0.717) is 30.3 Å². The van der Waals surface area contributed by atoms with Gasteiger partial charge in [0, 0.05) is 5.92 Å². The molecule has 2 bridgehead atoms. The van der Waals surface area contributed by atoms with Crippen LogP contribution in [0, 0.1) is 45.8 Å². The van der Waals surface area contributed by atoms with Gasteiger partial charge in [0.1, 0.15) is 5.60 Å². The number of rotatable bonds is 0. The minimum atomic E-state index is -0.730. The first-order valence-corrected chi connectivity index (χ1v) is 11.5. The van der Waals surface area contributed by atoms with Gasteiger partial charge < -0.3 is 14.9 Å². The Morgan fingerprint density at radius 1 is 1.00 bits per heavy atom. The van der Waals surface area contributed by atoms with Gasteiger partial charge in [0.2, 0.25) is 0 Å². The lowest BCUT2D eigenvalue weighted by Gasteiger charge is -2.71. The molecule has 3 nitrogen and oxygen atoms in total. The van der Waals surface area contributed by atoms with E-state index < -0.39 is 5.60 Å². The smallest absolute Gasteiger partial charge is 0.118 e. The lowest BCUT2D eigenvalue weighted by molar-refractivity contribution is -0.337. The first kappa shape index (κ1) is 20.9. The van der Waals surface area contributed by atoms with Crippen LogP contribution in [-0.2, 0) is 4.74 Å². The molecule has 3 aliphatic carbocycles. The summed E-state index contributed by atoms with van der Waals surface area (Å²) in [5.74, 6) is 1.78. The predicted molar refractivity (Wildman–Crippen MR) is 113 cm³/mol. The topological polar surface area (TPSA) is 49.7 Å². The van der Waals surface area contributed by atoms with Crippen LogP contribution in [0.2, 0.25) is 0 Å². The Labute approximate surface area is 171 Å². The average molecular weight is 391 g/mol. The van der Waals surface area contributed by atoms with E-state index in [1.165, 1.54) is 11.1 Å². The zero-order valence-electron chi connectivity index (χ0n) is 19.5. The van der Waals surface area contributed by atoms with Gasteiger partial charge in [-0.2, -0.15) is 0 Å². The van der Waals surface area contributed by atoms with E-state index in [1.54, 1.807) is 0 Å². The molecule has 2 saturated carbocycles. The highest BCUT2D eigenvalue weighted by Gasteiger charge is 2.71. The Bertz CT molecular complexity index is 711. The highest BCUT2D eigenvalue weighted by Crippen LogP contribution is 2.71. The van der Waals surface area contributed by atoms with Gasteiger partial charge in [-0.15, -0.1) is 0 Å². The first-order valence-electron chi connectivity index (χ1n) is 11.5. The molecule has 0 amide bonds. The van der Waals surface area contributed by atoms with Crippen molar-refractivity contribution in [1.82, 2.24) is 0 Å². The van der Waals surface area contributed by atoms with Crippen molar-refractivity contribution < 1.29 is 14.9 Å². The lowest BCUT2D eigenvalue weighted by atomic mass is 9.37. The Morgan fingerprint density at radius 2 is 1.61 bits per heavy atom. The summed E-state index contributed by atoms with van der Waals surface area (Å²) in [5, 5.41) is 23.0. The minimum Gasteiger partial charge on any atom is -0.389 e. The number of aliphatic hydroxyl groups excluding tert-OH is 1. The molecule has 2 N–H and O–H groups in total. The fraction of sp³-hybridized carbons (Fsp3) is 0.920. The minimum absolute atomic E-state index is 0.0120. The van der Waals surface area contributed by atoms with Crippen LogP contribution in [0.25, 0.3) is 0 Å². The quantitative estimate of drug-likeness (QED) is 0.583. The van der Waals surface area contributed by atoms with Crippen molar-refractivity contribution >= 4 is 0 Å². The summed E-state index contributed by atoms with van der Waals surface area (Å²) in [6.07, 6.45) is 1.33. The summed E-state index contributed by atoms with van der Waals surface area (Å²) >= 11 is 0. The molecule has 0 aromatic carbocycles. The van der Waals surface area contributed by atoms with Gasteiger partial charge >= 0.3 is 0 Å². The van der Waals surface area contributed by atoms with E-state index in [1.807, 2.05) is 0 Å². The maximum absolute atomic E-state index is 11.9. The Balaban J connectivity index is 2.00. The van der Waals surface area contributed by atoms with Crippen molar-refractivity contribution in [3.05, 3.63) is 11.1 Å². The van der Waals surface area contributed by atoms with Crippen molar-refractivity contribution in [2.24, 2.45) is 45.8 Å². The molecule has 4 rings (SSSR count). The molecule has 1 aliphatic heterocycles. The summed E-state index contributed by atoms with van der Waals surface area (Å²) in [6.45, 7) is 21.8. The van der Waals surface area contributed by atoms with Crippen LogP contribution in [0.3, 0.4) is 0 Å². The lowest BCUT2D eigenvalue weighted by Crippen LogP contribution is -2.75. The number of hydrogen-bond acceptors (Lipinski definition) is 3. The molecule has 3 fully saturated rings. The number of aliphatic hydroxyl groups is 2. The largest absolute Gasteiger partial charge is 0.389 e. The van der Waals surface area contributed by atoms with Crippen LogP contribution in [0.4, 0.5) is 0 Å². The second kappa shape index (κ2) is 5.86. The molecule has 160 valence electrons. The predicted octanol–water partition coefficient (Wildman–Crippen LogP) is 4.81. The van der Waals surface area contributed by atoms with Crippen molar-refractivity contribution in [3.8, 4) is 0 Å². The Morgan fingerprint density at radius 3 is 2.14 bits per heavy atom.